The molecule has 8 unspecified atom stereocenters. The molecule has 0 aromatic carbocycles. The smallest absolute Gasteiger partial charge is 0.306 e. The van der Waals surface area contributed by atoms with E-state index < -0.39 is 0 Å². The highest BCUT2D eigenvalue weighted by molar-refractivity contribution is 5.69. The van der Waals surface area contributed by atoms with Crippen LogP contribution in [0.25, 0.3) is 0 Å². The van der Waals surface area contributed by atoms with E-state index in [9.17, 15) is 10.1 Å². The molecule has 0 aromatic rings. The van der Waals surface area contributed by atoms with Gasteiger partial charge in [-0.15, -0.1) is 0 Å². The molecule has 0 saturated heterocycles. The number of fused-ring (bicyclic) bond motifs is 5. The summed E-state index contributed by atoms with van der Waals surface area (Å²) in [7, 11) is 0. The van der Waals surface area contributed by atoms with Crippen LogP contribution in [0.1, 0.15) is 123 Å². The maximum absolute atomic E-state index is 12.4. The second-order valence-corrected chi connectivity index (χ2v) is 11.9. The van der Waals surface area contributed by atoms with Crippen molar-refractivity contribution in [2.75, 3.05) is 0 Å². The summed E-state index contributed by atoms with van der Waals surface area (Å²) in [4.78, 5) is 12.4. The molecule has 4 fully saturated rings. The quantitative estimate of drug-likeness (QED) is 0.285. The minimum absolute atomic E-state index is 0.0248. The van der Waals surface area contributed by atoms with Crippen LogP contribution < -0.4 is 0 Å². The number of nitrogens with zero attached hydrogens (tertiary/aromatic N) is 1. The van der Waals surface area contributed by atoms with Gasteiger partial charge in [0.15, 0.2) is 0 Å². The SMILES string of the molecule is CCCCCC1(C#N)CCC2C(CCC3C2CCC2C(OC(=O)CCCC)CCCC23)C1. The third-order valence-corrected chi connectivity index (χ3v) is 10.1. The first-order valence-electron chi connectivity index (χ1n) is 14.2. The lowest BCUT2D eigenvalue weighted by molar-refractivity contribution is -0.161. The van der Waals surface area contributed by atoms with Gasteiger partial charge in [-0.05, 0) is 113 Å². The van der Waals surface area contributed by atoms with E-state index in [1.807, 2.05) is 0 Å². The molecule has 3 nitrogen and oxygen atoms in total. The Morgan fingerprint density at radius 3 is 2.38 bits per heavy atom. The van der Waals surface area contributed by atoms with Gasteiger partial charge in [-0.2, -0.15) is 5.26 Å². The van der Waals surface area contributed by atoms with Crippen molar-refractivity contribution >= 4 is 5.97 Å². The number of hydrogen-bond acceptors (Lipinski definition) is 3. The Labute approximate surface area is 197 Å². The molecule has 0 bridgehead atoms. The van der Waals surface area contributed by atoms with Gasteiger partial charge >= 0.3 is 5.97 Å². The largest absolute Gasteiger partial charge is 0.462 e. The van der Waals surface area contributed by atoms with Crippen molar-refractivity contribution in [3.05, 3.63) is 0 Å². The lowest BCUT2D eigenvalue weighted by atomic mass is 9.49. The Morgan fingerprint density at radius 1 is 0.875 bits per heavy atom. The van der Waals surface area contributed by atoms with Crippen LogP contribution in [0.2, 0.25) is 0 Å². The van der Waals surface area contributed by atoms with Gasteiger partial charge in [0.1, 0.15) is 6.10 Å². The molecule has 4 saturated carbocycles. The molecule has 0 radical (unpaired) electrons. The fraction of sp³-hybridized carbons (Fsp3) is 0.931. The average molecular weight is 442 g/mol. The lowest BCUT2D eigenvalue weighted by Gasteiger charge is -2.56. The maximum atomic E-state index is 12.4. The number of carbonyl (C=O) groups excluding carboxylic acids is 1. The van der Waals surface area contributed by atoms with E-state index in [0.29, 0.717) is 12.3 Å². The zero-order chi connectivity index (χ0) is 22.6. The summed E-state index contributed by atoms with van der Waals surface area (Å²) in [5.41, 5.74) is -0.0248. The predicted molar refractivity (Wildman–Crippen MR) is 129 cm³/mol. The number of esters is 1. The number of nitriles is 1. The molecule has 4 aliphatic rings. The first kappa shape index (κ1) is 24.1. The van der Waals surface area contributed by atoms with E-state index in [4.69, 9.17) is 4.74 Å². The molecule has 32 heavy (non-hydrogen) atoms. The third kappa shape index (κ3) is 5.05. The molecule has 4 aliphatic carbocycles. The second kappa shape index (κ2) is 10.9. The molecule has 180 valence electrons. The highest BCUT2D eigenvalue weighted by atomic mass is 16.5. The van der Waals surface area contributed by atoms with Gasteiger partial charge in [-0.25, -0.2) is 0 Å². The van der Waals surface area contributed by atoms with Crippen LogP contribution in [0.3, 0.4) is 0 Å². The summed E-state index contributed by atoms with van der Waals surface area (Å²) < 4.78 is 6.06. The topological polar surface area (TPSA) is 50.1 Å². The summed E-state index contributed by atoms with van der Waals surface area (Å²) >= 11 is 0. The zero-order valence-corrected chi connectivity index (χ0v) is 20.8. The van der Waals surface area contributed by atoms with Gasteiger partial charge in [0.25, 0.3) is 0 Å². The number of ether oxygens (including phenoxy) is 1. The predicted octanol–water partition coefficient (Wildman–Crippen LogP) is 7.83. The van der Waals surface area contributed by atoms with Gasteiger partial charge in [0.2, 0.25) is 0 Å². The fourth-order valence-corrected chi connectivity index (χ4v) is 8.58. The Balaban J connectivity index is 1.38. The first-order valence-corrected chi connectivity index (χ1v) is 14.2. The van der Waals surface area contributed by atoms with Crippen molar-refractivity contribution in [2.45, 2.75) is 129 Å². The van der Waals surface area contributed by atoms with Gasteiger partial charge < -0.3 is 4.74 Å². The second-order valence-electron chi connectivity index (χ2n) is 11.9. The molecule has 4 rings (SSSR count). The van der Waals surface area contributed by atoms with Crippen LogP contribution in [0.15, 0.2) is 0 Å². The highest BCUT2D eigenvalue weighted by Crippen LogP contribution is 2.60. The highest BCUT2D eigenvalue weighted by Gasteiger charge is 2.53. The van der Waals surface area contributed by atoms with Crippen LogP contribution in [0, 0.1) is 52.3 Å². The number of carbonyl (C=O) groups is 1. The van der Waals surface area contributed by atoms with Crippen LogP contribution in [0.5, 0.6) is 0 Å². The van der Waals surface area contributed by atoms with Crippen LogP contribution in [0.4, 0.5) is 0 Å². The van der Waals surface area contributed by atoms with E-state index in [1.165, 1.54) is 70.6 Å². The van der Waals surface area contributed by atoms with E-state index >= 15 is 0 Å². The first-order chi connectivity index (χ1) is 15.6. The fourth-order valence-electron chi connectivity index (χ4n) is 8.58. The summed E-state index contributed by atoms with van der Waals surface area (Å²) in [6.07, 6.45) is 20.3. The van der Waals surface area contributed by atoms with Crippen molar-refractivity contribution in [1.29, 1.82) is 5.26 Å². The average Bonchev–Trinajstić information content (AvgIpc) is 2.82. The molecule has 0 spiro atoms. The number of unbranched alkanes of at least 4 members (excludes halogenated alkanes) is 3. The summed E-state index contributed by atoms with van der Waals surface area (Å²) in [5, 5.41) is 10.1. The van der Waals surface area contributed by atoms with Gasteiger partial charge in [0.05, 0.1) is 11.5 Å². The molecule has 0 N–H and O–H groups in total. The third-order valence-electron chi connectivity index (χ3n) is 10.1. The van der Waals surface area contributed by atoms with E-state index in [0.717, 1.165) is 61.7 Å². The van der Waals surface area contributed by atoms with E-state index in [1.54, 1.807) is 0 Å². The van der Waals surface area contributed by atoms with Crippen molar-refractivity contribution in [3.63, 3.8) is 0 Å². The molecule has 8 atom stereocenters. The minimum Gasteiger partial charge on any atom is -0.462 e. The van der Waals surface area contributed by atoms with Crippen molar-refractivity contribution in [2.24, 2.45) is 40.9 Å². The van der Waals surface area contributed by atoms with Crippen molar-refractivity contribution in [1.82, 2.24) is 0 Å². The summed E-state index contributed by atoms with van der Waals surface area (Å²) in [6.45, 7) is 4.40. The monoisotopic (exact) mass is 441 g/mol. The molecule has 0 heterocycles. The molecule has 0 amide bonds. The van der Waals surface area contributed by atoms with Crippen molar-refractivity contribution in [3.8, 4) is 6.07 Å². The van der Waals surface area contributed by atoms with E-state index in [2.05, 4.69) is 19.9 Å². The Kier molecular flexibility index (Phi) is 8.23. The standard InChI is InChI=1S/C29H47NO2/c1-3-5-7-17-29(20-30)18-16-22-21(19-29)12-13-25-23-9-8-10-27(26(23)15-14-24(22)25)32-28(31)11-6-4-2/h21-27H,3-19H2,1-2H3. The Bertz CT molecular complexity index is 669. The Hall–Kier alpha value is -1.04. The van der Waals surface area contributed by atoms with Crippen LogP contribution in [-0.2, 0) is 9.53 Å². The molecule has 0 aromatic heterocycles. The number of rotatable bonds is 8. The minimum atomic E-state index is -0.0248. The molecular formula is C29H47NO2. The van der Waals surface area contributed by atoms with Crippen LogP contribution in [-0.4, -0.2) is 12.1 Å². The number of hydrogen-bond donors (Lipinski definition) is 0. The van der Waals surface area contributed by atoms with Gasteiger partial charge in [-0.3, -0.25) is 4.79 Å². The zero-order valence-electron chi connectivity index (χ0n) is 20.8. The Morgan fingerprint density at radius 2 is 1.59 bits per heavy atom. The summed E-state index contributed by atoms with van der Waals surface area (Å²) in [5.74, 6) is 4.80. The molecule has 3 heteroatoms. The van der Waals surface area contributed by atoms with Gasteiger partial charge in [-0.1, -0.05) is 39.5 Å². The summed E-state index contributed by atoms with van der Waals surface area (Å²) in [6, 6.07) is 2.82. The maximum Gasteiger partial charge on any atom is 0.306 e. The van der Waals surface area contributed by atoms with Gasteiger partial charge in [0, 0.05) is 6.42 Å². The molecule has 0 aliphatic heterocycles. The van der Waals surface area contributed by atoms with Crippen LogP contribution >= 0.6 is 0 Å². The lowest BCUT2D eigenvalue weighted by Crippen LogP contribution is -2.50. The molecular weight excluding hydrogens is 394 g/mol. The normalized spacial score (nSPS) is 41.0. The van der Waals surface area contributed by atoms with E-state index in [-0.39, 0.29) is 17.5 Å². The van der Waals surface area contributed by atoms with Crippen molar-refractivity contribution < 1.29 is 9.53 Å².